The molecule has 2 heteroatoms. The Bertz CT molecular complexity index is 258. The Hall–Kier alpha value is -0.530. The molecule has 0 atom stereocenters. The van der Waals surface area contributed by atoms with Gasteiger partial charge in [-0.2, -0.15) is 0 Å². The molecule has 0 saturated heterocycles. The molecule has 0 aliphatic carbocycles. The number of hydrogen-bond acceptors (Lipinski definition) is 1. The number of alkyl halides is 1. The second-order valence-electron chi connectivity index (χ2n) is 3.46. The Morgan fingerprint density at radius 2 is 1.77 bits per heavy atom. The van der Waals surface area contributed by atoms with E-state index in [2.05, 4.69) is 37.2 Å². The number of nitrogens with zero attached hydrogens (tertiary/aromatic N) is 1. The fraction of sp³-hybridized carbons (Fsp3) is 0.455. The molecular formula is C11H16ClN. The average Bonchev–Trinajstić information content (AvgIpc) is 2.15. The minimum atomic E-state index is 0.615. The normalized spacial score (nSPS) is 10.8. The third-order valence-corrected chi connectivity index (χ3v) is 2.38. The Morgan fingerprint density at radius 3 is 2.31 bits per heavy atom. The summed E-state index contributed by atoms with van der Waals surface area (Å²) in [4.78, 5) is 2.19. The molecule has 1 aromatic carbocycles. The summed E-state index contributed by atoms with van der Waals surface area (Å²) in [6.07, 6.45) is 1.08. The van der Waals surface area contributed by atoms with Crippen LogP contribution in [-0.2, 0) is 12.3 Å². The summed E-state index contributed by atoms with van der Waals surface area (Å²) in [6.45, 7) is 1.08. The lowest BCUT2D eigenvalue weighted by Crippen LogP contribution is -2.15. The second kappa shape index (κ2) is 5.25. The molecule has 72 valence electrons. The SMILES string of the molecule is CN(C)CCc1ccccc1CCl. The predicted molar refractivity (Wildman–Crippen MR) is 58.3 cm³/mol. The average molecular weight is 198 g/mol. The van der Waals surface area contributed by atoms with Crippen molar-refractivity contribution < 1.29 is 0 Å². The van der Waals surface area contributed by atoms with Gasteiger partial charge in [0.2, 0.25) is 0 Å². The van der Waals surface area contributed by atoms with Crippen molar-refractivity contribution in [2.24, 2.45) is 0 Å². The van der Waals surface area contributed by atoms with E-state index in [4.69, 9.17) is 11.6 Å². The molecule has 0 heterocycles. The molecule has 0 fully saturated rings. The van der Waals surface area contributed by atoms with Crippen LogP contribution in [0.15, 0.2) is 24.3 Å². The monoisotopic (exact) mass is 197 g/mol. The van der Waals surface area contributed by atoms with Gasteiger partial charge in [0.15, 0.2) is 0 Å². The summed E-state index contributed by atoms with van der Waals surface area (Å²) < 4.78 is 0. The zero-order valence-electron chi connectivity index (χ0n) is 8.26. The molecule has 0 amide bonds. The van der Waals surface area contributed by atoms with Crippen LogP contribution >= 0.6 is 11.6 Å². The summed E-state index contributed by atoms with van der Waals surface area (Å²) in [5.74, 6) is 0.615. The first-order valence-electron chi connectivity index (χ1n) is 4.51. The zero-order valence-corrected chi connectivity index (χ0v) is 9.01. The maximum Gasteiger partial charge on any atom is 0.0476 e. The molecule has 0 aliphatic rings. The van der Waals surface area contributed by atoms with Crippen molar-refractivity contribution >= 4 is 11.6 Å². The van der Waals surface area contributed by atoms with Crippen molar-refractivity contribution in [3.05, 3.63) is 35.4 Å². The largest absolute Gasteiger partial charge is 0.309 e. The Labute approximate surface area is 85.3 Å². The van der Waals surface area contributed by atoms with Gasteiger partial charge in [-0.3, -0.25) is 0 Å². The van der Waals surface area contributed by atoms with E-state index in [1.54, 1.807) is 0 Å². The zero-order chi connectivity index (χ0) is 9.68. The van der Waals surface area contributed by atoms with E-state index < -0.39 is 0 Å². The van der Waals surface area contributed by atoms with Gasteiger partial charge in [-0.1, -0.05) is 24.3 Å². The number of rotatable bonds is 4. The standard InChI is InChI=1S/C11H16ClN/c1-13(2)8-7-10-5-3-4-6-11(10)9-12/h3-6H,7-9H2,1-2H3. The maximum atomic E-state index is 5.83. The van der Waals surface area contributed by atoms with Gasteiger partial charge in [0.05, 0.1) is 0 Å². The molecule has 0 aromatic heterocycles. The highest BCUT2D eigenvalue weighted by molar-refractivity contribution is 6.17. The summed E-state index contributed by atoms with van der Waals surface area (Å²) >= 11 is 5.83. The van der Waals surface area contributed by atoms with Crippen LogP contribution in [0.25, 0.3) is 0 Å². The third kappa shape index (κ3) is 3.37. The Balaban J connectivity index is 2.64. The second-order valence-corrected chi connectivity index (χ2v) is 3.72. The summed E-state index contributed by atoms with van der Waals surface area (Å²) in [5.41, 5.74) is 2.62. The van der Waals surface area contributed by atoms with Gasteiger partial charge in [-0.05, 0) is 31.6 Å². The molecular weight excluding hydrogens is 182 g/mol. The van der Waals surface area contributed by atoms with Crippen LogP contribution in [0.4, 0.5) is 0 Å². The van der Waals surface area contributed by atoms with Crippen molar-refractivity contribution in [1.82, 2.24) is 4.90 Å². The molecule has 1 rings (SSSR count). The highest BCUT2D eigenvalue weighted by atomic mass is 35.5. The molecule has 0 aliphatic heterocycles. The molecule has 1 nitrogen and oxygen atoms in total. The van der Waals surface area contributed by atoms with E-state index in [-0.39, 0.29) is 0 Å². The third-order valence-electron chi connectivity index (χ3n) is 2.09. The predicted octanol–water partition coefficient (Wildman–Crippen LogP) is 2.53. The van der Waals surface area contributed by atoms with Gasteiger partial charge in [-0.15, -0.1) is 11.6 Å². The van der Waals surface area contributed by atoms with E-state index in [1.807, 2.05) is 6.07 Å². The van der Waals surface area contributed by atoms with Gasteiger partial charge in [-0.25, -0.2) is 0 Å². The van der Waals surface area contributed by atoms with Crippen LogP contribution in [0.2, 0.25) is 0 Å². The number of benzene rings is 1. The van der Waals surface area contributed by atoms with E-state index in [1.165, 1.54) is 11.1 Å². The minimum Gasteiger partial charge on any atom is -0.309 e. The van der Waals surface area contributed by atoms with E-state index in [0.29, 0.717) is 5.88 Å². The van der Waals surface area contributed by atoms with Crippen LogP contribution in [0.1, 0.15) is 11.1 Å². The first kappa shape index (κ1) is 10.6. The summed E-state index contributed by atoms with van der Waals surface area (Å²) in [7, 11) is 4.17. The van der Waals surface area contributed by atoms with Gasteiger partial charge < -0.3 is 4.90 Å². The summed E-state index contributed by atoms with van der Waals surface area (Å²) in [5, 5.41) is 0. The number of halogens is 1. The van der Waals surface area contributed by atoms with Crippen molar-refractivity contribution in [3.8, 4) is 0 Å². The van der Waals surface area contributed by atoms with Gasteiger partial charge in [0.1, 0.15) is 0 Å². The molecule has 0 spiro atoms. The number of hydrogen-bond donors (Lipinski definition) is 0. The van der Waals surface area contributed by atoms with Crippen molar-refractivity contribution in [2.45, 2.75) is 12.3 Å². The molecule has 0 radical (unpaired) electrons. The van der Waals surface area contributed by atoms with E-state index in [9.17, 15) is 0 Å². The lowest BCUT2D eigenvalue weighted by atomic mass is 10.1. The van der Waals surface area contributed by atoms with Gasteiger partial charge >= 0.3 is 0 Å². The highest BCUT2D eigenvalue weighted by Crippen LogP contribution is 2.11. The Kier molecular flexibility index (Phi) is 4.26. The van der Waals surface area contributed by atoms with Crippen molar-refractivity contribution in [3.63, 3.8) is 0 Å². The molecule has 0 unspecified atom stereocenters. The van der Waals surface area contributed by atoms with Crippen LogP contribution in [0, 0.1) is 0 Å². The Morgan fingerprint density at radius 1 is 1.15 bits per heavy atom. The molecule has 1 aromatic rings. The quantitative estimate of drug-likeness (QED) is 0.671. The molecule has 0 saturated carbocycles. The van der Waals surface area contributed by atoms with Crippen LogP contribution in [0.3, 0.4) is 0 Å². The lowest BCUT2D eigenvalue weighted by molar-refractivity contribution is 0.413. The van der Waals surface area contributed by atoms with Gasteiger partial charge in [0.25, 0.3) is 0 Å². The minimum absolute atomic E-state index is 0.615. The van der Waals surface area contributed by atoms with Crippen LogP contribution in [-0.4, -0.2) is 25.5 Å². The summed E-state index contributed by atoms with van der Waals surface area (Å²) in [6, 6.07) is 8.36. The smallest absolute Gasteiger partial charge is 0.0476 e. The van der Waals surface area contributed by atoms with Crippen molar-refractivity contribution in [2.75, 3.05) is 20.6 Å². The molecule has 0 bridgehead atoms. The lowest BCUT2D eigenvalue weighted by Gasteiger charge is -2.11. The van der Waals surface area contributed by atoms with Crippen molar-refractivity contribution in [1.29, 1.82) is 0 Å². The maximum absolute atomic E-state index is 5.83. The highest BCUT2D eigenvalue weighted by Gasteiger charge is 2.00. The topological polar surface area (TPSA) is 3.24 Å². The molecule has 0 N–H and O–H groups in total. The number of likely N-dealkylation sites (N-methyl/N-ethyl adjacent to an activating group) is 1. The van der Waals surface area contributed by atoms with Crippen LogP contribution < -0.4 is 0 Å². The first-order chi connectivity index (χ1) is 6.24. The van der Waals surface area contributed by atoms with E-state index >= 15 is 0 Å². The fourth-order valence-corrected chi connectivity index (χ4v) is 1.54. The first-order valence-corrected chi connectivity index (χ1v) is 5.05. The van der Waals surface area contributed by atoms with E-state index in [0.717, 1.165) is 13.0 Å². The fourth-order valence-electron chi connectivity index (χ4n) is 1.28. The van der Waals surface area contributed by atoms with Crippen LogP contribution in [0.5, 0.6) is 0 Å². The van der Waals surface area contributed by atoms with Gasteiger partial charge in [0, 0.05) is 12.4 Å². The molecule has 13 heavy (non-hydrogen) atoms.